The Kier molecular flexibility index (Phi) is 6.58. The van der Waals surface area contributed by atoms with Gasteiger partial charge in [0.2, 0.25) is 0 Å². The van der Waals surface area contributed by atoms with Gasteiger partial charge in [0.1, 0.15) is 5.69 Å². The summed E-state index contributed by atoms with van der Waals surface area (Å²) in [6.45, 7) is 7.63. The molecule has 2 aliphatic rings. The average Bonchev–Trinajstić information content (AvgIpc) is 2.82. The van der Waals surface area contributed by atoms with Crippen LogP contribution < -0.4 is 5.32 Å². The molecule has 2 heterocycles. The first-order chi connectivity index (χ1) is 15.5. The van der Waals surface area contributed by atoms with Crippen LogP contribution in [0.15, 0.2) is 36.7 Å². The van der Waals surface area contributed by atoms with E-state index in [0.29, 0.717) is 35.8 Å². The summed E-state index contributed by atoms with van der Waals surface area (Å²) in [5, 5.41) is 3.24. The molecule has 1 spiro atoms. The van der Waals surface area contributed by atoms with Gasteiger partial charge in [-0.15, -0.1) is 0 Å². The Morgan fingerprint density at radius 1 is 1.12 bits per heavy atom. The molecule has 170 valence electrons. The number of carbonyl (C=O) groups excluding carboxylic acids is 2. The number of hydrogen-bond donors (Lipinski definition) is 1. The van der Waals surface area contributed by atoms with Gasteiger partial charge < -0.3 is 10.2 Å². The van der Waals surface area contributed by atoms with Gasteiger partial charge in [0.25, 0.3) is 11.8 Å². The van der Waals surface area contributed by atoms with Crippen LogP contribution in [0.2, 0.25) is 0 Å². The number of aromatic nitrogens is 2. The van der Waals surface area contributed by atoms with Gasteiger partial charge in [-0.3, -0.25) is 14.6 Å². The number of carbonyl (C=O) groups is 2. The zero-order valence-corrected chi connectivity index (χ0v) is 19.4. The summed E-state index contributed by atoms with van der Waals surface area (Å²) < 4.78 is 0. The van der Waals surface area contributed by atoms with Gasteiger partial charge in [-0.2, -0.15) is 0 Å². The molecule has 32 heavy (non-hydrogen) atoms. The lowest BCUT2D eigenvalue weighted by Gasteiger charge is -2.53. The van der Waals surface area contributed by atoms with Gasteiger partial charge in [0.05, 0.1) is 11.7 Å². The van der Waals surface area contributed by atoms with Crippen LogP contribution in [0.1, 0.15) is 90.9 Å². The number of likely N-dealkylation sites (tertiary alicyclic amines) is 1. The molecule has 1 aliphatic carbocycles. The summed E-state index contributed by atoms with van der Waals surface area (Å²) in [5.41, 5.74) is 3.18. The molecule has 2 atom stereocenters. The summed E-state index contributed by atoms with van der Waals surface area (Å²) in [6, 6.07) is 7.96. The monoisotopic (exact) mass is 434 g/mol. The molecule has 1 aromatic carbocycles. The minimum atomic E-state index is -0.182. The van der Waals surface area contributed by atoms with E-state index < -0.39 is 0 Å². The average molecular weight is 435 g/mol. The Morgan fingerprint density at radius 3 is 2.47 bits per heavy atom. The van der Waals surface area contributed by atoms with Crippen LogP contribution in [0.3, 0.4) is 0 Å². The van der Waals surface area contributed by atoms with Gasteiger partial charge >= 0.3 is 0 Å². The highest BCUT2D eigenvalue weighted by atomic mass is 16.2. The normalized spacial score (nSPS) is 20.5. The Hall–Kier alpha value is -2.76. The highest BCUT2D eigenvalue weighted by Crippen LogP contribution is 2.49. The molecule has 1 saturated heterocycles. The number of rotatable bonds is 6. The van der Waals surface area contributed by atoms with Crippen LogP contribution in [0.4, 0.5) is 0 Å². The van der Waals surface area contributed by atoms with Crippen molar-refractivity contribution in [3.8, 4) is 0 Å². The van der Waals surface area contributed by atoms with Crippen LogP contribution in [0.5, 0.6) is 0 Å². The van der Waals surface area contributed by atoms with Crippen molar-refractivity contribution >= 4 is 11.8 Å². The predicted molar refractivity (Wildman–Crippen MR) is 125 cm³/mol. The van der Waals surface area contributed by atoms with Crippen molar-refractivity contribution in [1.82, 2.24) is 20.2 Å². The van der Waals surface area contributed by atoms with Gasteiger partial charge in [-0.05, 0) is 61.1 Å². The van der Waals surface area contributed by atoms with E-state index in [1.54, 1.807) is 12.4 Å². The second-order valence-electron chi connectivity index (χ2n) is 9.38. The molecule has 2 amide bonds. The fourth-order valence-electron chi connectivity index (χ4n) is 5.06. The van der Waals surface area contributed by atoms with Crippen molar-refractivity contribution in [2.24, 2.45) is 5.41 Å². The molecule has 6 nitrogen and oxygen atoms in total. The summed E-state index contributed by atoms with van der Waals surface area (Å²) in [4.78, 5) is 36.8. The molecule has 0 radical (unpaired) electrons. The van der Waals surface area contributed by atoms with Gasteiger partial charge in [0.15, 0.2) is 0 Å². The van der Waals surface area contributed by atoms with Crippen molar-refractivity contribution in [2.45, 2.75) is 71.3 Å². The van der Waals surface area contributed by atoms with E-state index in [9.17, 15) is 9.59 Å². The van der Waals surface area contributed by atoms with Crippen molar-refractivity contribution in [1.29, 1.82) is 0 Å². The SMILES string of the molecule is CCc1nccnc1C(=O)NC1CN(C(=O)c2ccc(C(C)CC)cc2)CCC12CCC2. The highest BCUT2D eigenvalue weighted by molar-refractivity contribution is 5.95. The molecule has 1 N–H and O–H groups in total. The summed E-state index contributed by atoms with van der Waals surface area (Å²) in [5.74, 6) is 0.350. The highest BCUT2D eigenvalue weighted by Gasteiger charge is 2.48. The molecule has 0 bridgehead atoms. The number of piperidine rings is 1. The first kappa shape index (κ1) is 22.4. The van der Waals surface area contributed by atoms with Crippen molar-refractivity contribution in [3.63, 3.8) is 0 Å². The Balaban J connectivity index is 1.49. The van der Waals surface area contributed by atoms with Crippen LogP contribution in [-0.4, -0.2) is 45.8 Å². The largest absolute Gasteiger partial charge is 0.346 e. The smallest absolute Gasteiger partial charge is 0.272 e. The number of nitrogens with zero attached hydrogens (tertiary/aromatic N) is 3. The Bertz CT molecular complexity index is 968. The predicted octanol–water partition coefficient (Wildman–Crippen LogP) is 4.37. The van der Waals surface area contributed by atoms with Crippen LogP contribution >= 0.6 is 0 Å². The van der Waals surface area contributed by atoms with Gasteiger partial charge in [-0.1, -0.05) is 39.3 Å². The standard InChI is InChI=1S/C26H34N4O2/c1-4-18(3)19-7-9-20(10-8-19)25(32)30-16-13-26(11-6-12-26)22(17-30)29-24(31)23-21(5-2)27-14-15-28-23/h7-10,14-15,18,22H,4-6,11-13,16-17H2,1-3H3,(H,29,31). The number of benzene rings is 1. The van der Waals surface area contributed by atoms with E-state index in [2.05, 4.69) is 41.3 Å². The molecule has 4 rings (SSSR count). The summed E-state index contributed by atoms with van der Waals surface area (Å²) in [7, 11) is 0. The zero-order chi connectivity index (χ0) is 22.7. The Morgan fingerprint density at radius 2 is 1.84 bits per heavy atom. The van der Waals surface area contributed by atoms with Crippen LogP contribution in [0, 0.1) is 5.41 Å². The molecule has 2 unspecified atom stereocenters. The minimum absolute atomic E-state index is 0.0443. The molecule has 1 aromatic heterocycles. The minimum Gasteiger partial charge on any atom is -0.346 e. The number of aryl methyl sites for hydroxylation is 1. The van der Waals surface area contributed by atoms with E-state index >= 15 is 0 Å². The molecular formula is C26H34N4O2. The van der Waals surface area contributed by atoms with E-state index in [1.165, 1.54) is 12.0 Å². The van der Waals surface area contributed by atoms with E-state index in [1.807, 2.05) is 24.0 Å². The fraction of sp³-hybridized carbons (Fsp3) is 0.538. The van der Waals surface area contributed by atoms with Crippen molar-refractivity contribution in [2.75, 3.05) is 13.1 Å². The zero-order valence-electron chi connectivity index (χ0n) is 19.4. The van der Waals surface area contributed by atoms with Gasteiger partial charge in [-0.25, -0.2) is 4.98 Å². The number of hydrogen-bond acceptors (Lipinski definition) is 4. The first-order valence-electron chi connectivity index (χ1n) is 12.0. The van der Waals surface area contributed by atoms with Crippen LogP contribution in [-0.2, 0) is 6.42 Å². The Labute approximate surface area is 190 Å². The summed E-state index contributed by atoms with van der Waals surface area (Å²) in [6.07, 6.45) is 9.23. The first-order valence-corrected chi connectivity index (χ1v) is 12.0. The van der Waals surface area contributed by atoms with Crippen molar-refractivity contribution in [3.05, 3.63) is 59.2 Å². The maximum Gasteiger partial charge on any atom is 0.272 e. The quantitative estimate of drug-likeness (QED) is 0.733. The molecule has 1 saturated carbocycles. The topological polar surface area (TPSA) is 75.2 Å². The second kappa shape index (κ2) is 9.39. The molecule has 2 fully saturated rings. The number of nitrogens with one attached hydrogen (secondary N) is 1. The lowest BCUT2D eigenvalue weighted by molar-refractivity contribution is -0.000596. The van der Waals surface area contributed by atoms with E-state index in [-0.39, 0.29) is 23.3 Å². The summed E-state index contributed by atoms with van der Waals surface area (Å²) >= 11 is 0. The third kappa shape index (κ3) is 4.27. The molecule has 1 aliphatic heterocycles. The van der Waals surface area contributed by atoms with Gasteiger partial charge in [0, 0.05) is 31.0 Å². The molecular weight excluding hydrogens is 400 g/mol. The maximum absolute atomic E-state index is 13.3. The second-order valence-corrected chi connectivity index (χ2v) is 9.38. The van der Waals surface area contributed by atoms with E-state index in [4.69, 9.17) is 0 Å². The lowest BCUT2D eigenvalue weighted by atomic mass is 9.60. The maximum atomic E-state index is 13.3. The van der Waals surface area contributed by atoms with Crippen LogP contribution in [0.25, 0.3) is 0 Å². The third-order valence-electron chi connectivity index (χ3n) is 7.63. The van der Waals surface area contributed by atoms with E-state index in [0.717, 1.165) is 32.2 Å². The number of amides is 2. The lowest BCUT2D eigenvalue weighted by Crippen LogP contribution is -2.61. The fourth-order valence-corrected chi connectivity index (χ4v) is 5.06. The van der Waals surface area contributed by atoms with Crippen molar-refractivity contribution < 1.29 is 9.59 Å². The molecule has 6 heteroatoms. The third-order valence-corrected chi connectivity index (χ3v) is 7.63. The molecule has 2 aromatic rings.